The Kier molecular flexibility index (Phi) is 5.38. The van der Waals surface area contributed by atoms with Crippen molar-refractivity contribution in [2.45, 2.75) is 11.7 Å². The van der Waals surface area contributed by atoms with Crippen LogP contribution in [0.25, 0.3) is 0 Å². The minimum atomic E-state index is -0.326. The molecular formula is C20H20FNO4S. The fourth-order valence-corrected chi connectivity index (χ4v) is 4.39. The van der Waals surface area contributed by atoms with Gasteiger partial charge in [-0.2, -0.15) is 11.8 Å². The van der Waals surface area contributed by atoms with Crippen molar-refractivity contribution in [1.82, 2.24) is 4.90 Å². The van der Waals surface area contributed by atoms with E-state index in [0.29, 0.717) is 24.1 Å². The number of hydrogen-bond donors (Lipinski definition) is 0. The van der Waals surface area contributed by atoms with Crippen molar-refractivity contribution in [3.8, 4) is 17.2 Å². The van der Waals surface area contributed by atoms with Crippen molar-refractivity contribution in [2.75, 3.05) is 32.2 Å². The van der Waals surface area contributed by atoms with Crippen LogP contribution in [-0.2, 0) is 4.79 Å². The van der Waals surface area contributed by atoms with Crippen LogP contribution in [0.1, 0.15) is 17.2 Å². The molecule has 1 unspecified atom stereocenters. The molecule has 1 atom stereocenters. The number of amides is 1. The average Bonchev–Trinajstić information content (AvgIpc) is 3.02. The summed E-state index contributed by atoms with van der Waals surface area (Å²) >= 11 is 1.85. The minimum Gasteiger partial charge on any atom is -0.484 e. The Balaban J connectivity index is 1.32. The highest BCUT2D eigenvalue weighted by Crippen LogP contribution is 2.40. The first-order valence-corrected chi connectivity index (χ1v) is 9.91. The Morgan fingerprint density at radius 3 is 2.81 bits per heavy atom. The molecule has 1 saturated heterocycles. The molecule has 2 aromatic carbocycles. The molecule has 2 aliphatic heterocycles. The number of thioether (sulfide) groups is 1. The van der Waals surface area contributed by atoms with Gasteiger partial charge in [-0.15, -0.1) is 0 Å². The SMILES string of the molecule is O=C(COc1ccc(F)cc1)N1CCSC(c2ccc3c(c2)OCO3)CC1. The summed E-state index contributed by atoms with van der Waals surface area (Å²) in [5.41, 5.74) is 1.20. The summed E-state index contributed by atoms with van der Waals surface area (Å²) < 4.78 is 29.2. The molecule has 7 heteroatoms. The maximum atomic E-state index is 12.9. The molecule has 2 aliphatic rings. The Morgan fingerprint density at radius 2 is 1.96 bits per heavy atom. The second kappa shape index (κ2) is 8.08. The zero-order chi connectivity index (χ0) is 18.6. The van der Waals surface area contributed by atoms with Crippen LogP contribution in [0.5, 0.6) is 17.2 Å². The molecule has 27 heavy (non-hydrogen) atoms. The maximum absolute atomic E-state index is 12.9. The van der Waals surface area contributed by atoms with E-state index in [2.05, 4.69) is 6.07 Å². The molecule has 0 aliphatic carbocycles. The van der Waals surface area contributed by atoms with E-state index < -0.39 is 0 Å². The molecule has 5 nitrogen and oxygen atoms in total. The highest BCUT2D eigenvalue weighted by molar-refractivity contribution is 7.99. The van der Waals surface area contributed by atoms with E-state index in [9.17, 15) is 9.18 Å². The van der Waals surface area contributed by atoms with Crippen LogP contribution in [0.3, 0.4) is 0 Å². The lowest BCUT2D eigenvalue weighted by molar-refractivity contribution is -0.133. The molecule has 1 amide bonds. The van der Waals surface area contributed by atoms with Crippen LogP contribution >= 0.6 is 11.8 Å². The van der Waals surface area contributed by atoms with Crippen LogP contribution in [0.2, 0.25) is 0 Å². The summed E-state index contributed by atoms with van der Waals surface area (Å²) in [6, 6.07) is 11.7. The molecule has 2 heterocycles. The Bertz CT molecular complexity index is 814. The van der Waals surface area contributed by atoms with Gasteiger partial charge in [-0.1, -0.05) is 6.07 Å². The van der Waals surface area contributed by atoms with Gasteiger partial charge in [0.15, 0.2) is 18.1 Å². The summed E-state index contributed by atoms with van der Waals surface area (Å²) in [7, 11) is 0. The van der Waals surface area contributed by atoms with E-state index in [1.165, 1.54) is 29.8 Å². The van der Waals surface area contributed by atoms with Gasteiger partial charge in [0.05, 0.1) is 0 Å². The highest BCUT2D eigenvalue weighted by Gasteiger charge is 2.24. The highest BCUT2D eigenvalue weighted by atomic mass is 32.2. The van der Waals surface area contributed by atoms with Crippen LogP contribution in [-0.4, -0.2) is 43.0 Å². The summed E-state index contributed by atoms with van der Waals surface area (Å²) in [5.74, 6) is 2.55. The maximum Gasteiger partial charge on any atom is 0.260 e. The third-order valence-corrected chi connectivity index (χ3v) is 5.97. The smallest absolute Gasteiger partial charge is 0.260 e. The standard InChI is InChI=1S/C20H20FNO4S/c21-15-2-4-16(5-3-15)24-12-20(23)22-8-7-19(27-10-9-22)14-1-6-17-18(11-14)26-13-25-17/h1-6,11,19H,7-10,12-13H2. The van der Waals surface area contributed by atoms with Crippen LogP contribution in [0.4, 0.5) is 4.39 Å². The molecule has 4 rings (SSSR count). The zero-order valence-corrected chi connectivity index (χ0v) is 15.5. The molecule has 0 radical (unpaired) electrons. The number of rotatable bonds is 4. The van der Waals surface area contributed by atoms with E-state index in [4.69, 9.17) is 14.2 Å². The predicted molar refractivity (Wildman–Crippen MR) is 101 cm³/mol. The van der Waals surface area contributed by atoms with Gasteiger partial charge in [0, 0.05) is 24.1 Å². The Morgan fingerprint density at radius 1 is 1.15 bits per heavy atom. The lowest BCUT2D eigenvalue weighted by atomic mass is 10.1. The van der Waals surface area contributed by atoms with Crippen LogP contribution in [0.15, 0.2) is 42.5 Å². The van der Waals surface area contributed by atoms with Crippen molar-refractivity contribution in [1.29, 1.82) is 0 Å². The van der Waals surface area contributed by atoms with Gasteiger partial charge in [0.2, 0.25) is 6.79 Å². The number of nitrogens with zero attached hydrogens (tertiary/aromatic N) is 1. The van der Waals surface area contributed by atoms with Gasteiger partial charge in [-0.25, -0.2) is 4.39 Å². The quantitative estimate of drug-likeness (QED) is 0.799. The molecule has 0 saturated carbocycles. The lowest BCUT2D eigenvalue weighted by Crippen LogP contribution is -2.36. The number of benzene rings is 2. The monoisotopic (exact) mass is 389 g/mol. The van der Waals surface area contributed by atoms with E-state index in [0.717, 1.165) is 23.7 Å². The van der Waals surface area contributed by atoms with Crippen LogP contribution < -0.4 is 14.2 Å². The van der Waals surface area contributed by atoms with Gasteiger partial charge in [0.1, 0.15) is 11.6 Å². The van der Waals surface area contributed by atoms with Gasteiger partial charge in [0.25, 0.3) is 5.91 Å². The fourth-order valence-electron chi connectivity index (χ4n) is 3.17. The van der Waals surface area contributed by atoms with Gasteiger partial charge < -0.3 is 19.1 Å². The van der Waals surface area contributed by atoms with Crippen molar-refractivity contribution in [3.05, 3.63) is 53.8 Å². The van der Waals surface area contributed by atoms with Crippen molar-refractivity contribution in [3.63, 3.8) is 0 Å². The van der Waals surface area contributed by atoms with E-state index in [1.807, 2.05) is 28.8 Å². The largest absolute Gasteiger partial charge is 0.484 e. The molecule has 2 aromatic rings. The molecule has 142 valence electrons. The molecule has 0 bridgehead atoms. The number of hydrogen-bond acceptors (Lipinski definition) is 5. The molecule has 0 aromatic heterocycles. The first-order valence-electron chi connectivity index (χ1n) is 8.86. The number of halogens is 1. The fraction of sp³-hybridized carbons (Fsp3) is 0.350. The summed E-state index contributed by atoms with van der Waals surface area (Å²) in [5, 5.41) is 0.315. The normalized spacial score (nSPS) is 18.9. The molecule has 0 spiro atoms. The number of carbonyl (C=O) groups is 1. The summed E-state index contributed by atoms with van der Waals surface area (Å²) in [6.07, 6.45) is 0.868. The lowest BCUT2D eigenvalue weighted by Gasteiger charge is -2.20. The van der Waals surface area contributed by atoms with E-state index in [-0.39, 0.29) is 25.1 Å². The third-order valence-electron chi connectivity index (χ3n) is 4.64. The molecule has 0 N–H and O–H groups in total. The second-order valence-electron chi connectivity index (χ2n) is 6.38. The molecular weight excluding hydrogens is 369 g/mol. The summed E-state index contributed by atoms with van der Waals surface area (Å²) in [4.78, 5) is 14.3. The zero-order valence-electron chi connectivity index (χ0n) is 14.7. The second-order valence-corrected chi connectivity index (χ2v) is 7.69. The number of carbonyl (C=O) groups excluding carboxylic acids is 1. The van der Waals surface area contributed by atoms with Crippen molar-refractivity contribution >= 4 is 17.7 Å². The van der Waals surface area contributed by atoms with Crippen LogP contribution in [0, 0.1) is 5.82 Å². The predicted octanol–water partition coefficient (Wildman–Crippen LogP) is 3.64. The Hall–Kier alpha value is -2.41. The number of fused-ring (bicyclic) bond motifs is 1. The van der Waals surface area contributed by atoms with Gasteiger partial charge in [-0.3, -0.25) is 4.79 Å². The average molecular weight is 389 g/mol. The number of ether oxygens (including phenoxy) is 3. The first-order chi connectivity index (χ1) is 13.2. The minimum absolute atomic E-state index is 0.0367. The van der Waals surface area contributed by atoms with Crippen molar-refractivity contribution in [2.24, 2.45) is 0 Å². The topological polar surface area (TPSA) is 48.0 Å². The third kappa shape index (κ3) is 4.30. The summed E-state index contributed by atoms with van der Waals surface area (Å²) in [6.45, 7) is 1.60. The van der Waals surface area contributed by atoms with E-state index in [1.54, 1.807) is 0 Å². The molecule has 1 fully saturated rings. The van der Waals surface area contributed by atoms with Gasteiger partial charge >= 0.3 is 0 Å². The van der Waals surface area contributed by atoms with E-state index >= 15 is 0 Å². The van der Waals surface area contributed by atoms with Crippen molar-refractivity contribution < 1.29 is 23.4 Å². The first kappa shape index (κ1) is 18.0. The Labute approximate surface area is 161 Å². The van der Waals surface area contributed by atoms with Gasteiger partial charge in [-0.05, 0) is 48.4 Å².